The highest BCUT2D eigenvalue weighted by Gasteiger charge is 2.67. The zero-order valence-electron chi connectivity index (χ0n) is 30.3. The van der Waals surface area contributed by atoms with Gasteiger partial charge in [0.2, 0.25) is 0 Å². The van der Waals surface area contributed by atoms with Crippen molar-refractivity contribution in [3.8, 4) is 0 Å². The molecule has 6 bridgehead atoms. The third-order valence-corrected chi connectivity index (χ3v) is 13.4. The molecule has 276 valence electrons. The van der Waals surface area contributed by atoms with E-state index in [0.29, 0.717) is 24.2 Å². The Balaban J connectivity index is 0.908. The summed E-state index contributed by atoms with van der Waals surface area (Å²) < 4.78 is 46.5. The van der Waals surface area contributed by atoms with Crippen molar-refractivity contribution in [2.75, 3.05) is 6.61 Å². The second-order valence-corrected chi connectivity index (χ2v) is 16.6. The number of ether oxygens (including phenoxy) is 7. The largest absolute Gasteiger partial charge is 0.394 e. The fraction of sp³-hybridized carbons (Fsp3) is 0.850. The van der Waals surface area contributed by atoms with Crippen molar-refractivity contribution in [2.45, 2.75) is 183 Å². The fourth-order valence-corrected chi connectivity index (χ4v) is 10.4. The highest BCUT2D eigenvalue weighted by molar-refractivity contribution is 5.14. The zero-order chi connectivity index (χ0) is 34.6. The second-order valence-electron chi connectivity index (χ2n) is 16.6. The van der Waals surface area contributed by atoms with E-state index in [9.17, 15) is 10.2 Å². The first-order valence-corrected chi connectivity index (χ1v) is 19.4. The van der Waals surface area contributed by atoms with Crippen LogP contribution in [0.3, 0.4) is 0 Å². The summed E-state index contributed by atoms with van der Waals surface area (Å²) in [5.41, 5.74) is 2.33. The normalized spacial score (nSPS) is 49.5. The maximum atomic E-state index is 10.1. The molecule has 2 N–H and O–H groups in total. The molecule has 0 spiro atoms. The van der Waals surface area contributed by atoms with Crippen LogP contribution in [0.4, 0.5) is 0 Å². The molecule has 18 atom stereocenters. The Kier molecular flexibility index (Phi) is 10.9. The van der Waals surface area contributed by atoms with Gasteiger partial charge in [-0.05, 0) is 67.4 Å². The lowest BCUT2D eigenvalue weighted by molar-refractivity contribution is -0.262. The summed E-state index contributed by atoms with van der Waals surface area (Å²) in [4.78, 5) is 0. The lowest BCUT2D eigenvalue weighted by Gasteiger charge is -2.42. The maximum Gasteiger partial charge on any atom is 0.172 e. The van der Waals surface area contributed by atoms with Crippen LogP contribution < -0.4 is 0 Å². The maximum absolute atomic E-state index is 10.1. The molecule has 0 aliphatic carbocycles. The molecule has 0 radical (unpaired) electrons. The fourth-order valence-electron chi connectivity index (χ4n) is 10.4. The number of aliphatic hydroxyl groups excluding tert-OH is 2. The van der Waals surface area contributed by atoms with Crippen molar-refractivity contribution >= 4 is 0 Å². The van der Waals surface area contributed by atoms with Crippen LogP contribution in [-0.4, -0.2) is 102 Å². The molecule has 4 unspecified atom stereocenters. The lowest BCUT2D eigenvalue weighted by Crippen LogP contribution is -2.54. The Labute approximate surface area is 293 Å². The van der Waals surface area contributed by atoms with Crippen LogP contribution in [0.5, 0.6) is 0 Å². The first-order valence-electron chi connectivity index (χ1n) is 19.4. The highest BCUT2D eigenvalue weighted by atomic mass is 16.8. The van der Waals surface area contributed by atoms with Gasteiger partial charge < -0.3 is 43.4 Å². The molecule has 0 amide bonds. The first-order chi connectivity index (χ1) is 23.5. The van der Waals surface area contributed by atoms with Crippen molar-refractivity contribution in [3.05, 3.63) is 37.0 Å². The molecule has 8 fully saturated rings. The van der Waals surface area contributed by atoms with Crippen LogP contribution in [0.2, 0.25) is 0 Å². The number of hydrogen-bond acceptors (Lipinski definition) is 9. The Bertz CT molecular complexity index is 1210. The summed E-state index contributed by atoms with van der Waals surface area (Å²) in [6, 6.07) is 0. The van der Waals surface area contributed by atoms with Gasteiger partial charge in [-0.1, -0.05) is 53.3 Å². The molecule has 0 aromatic heterocycles. The van der Waals surface area contributed by atoms with Gasteiger partial charge >= 0.3 is 0 Å². The standard InChI is InChI=1S/C40H62O9/c1-8-10-31-25(7)36-38-39(46-31)37-35(47-38)19-40(48-36,49-37)14-13-28-16-22(4)30(43-28)12-11-27-15-21(3)23(5)33(44-27)18-34-29(9-2)24(6)32(45-34)17-26(42)20-41/h8,21,24-39,41-42H,1,4-5,9-20H2,2-3,6-7H3/t21-,24-,25?,26+,27?,28?,29-,30+,31+,32-,33-,34?,35-,36+,37+,38+,39+,40-/m1/s1. The van der Waals surface area contributed by atoms with E-state index >= 15 is 0 Å². The minimum absolute atomic E-state index is 0.0248. The molecular weight excluding hydrogens is 624 g/mol. The van der Waals surface area contributed by atoms with E-state index in [1.54, 1.807) is 0 Å². The molecule has 9 nitrogen and oxygen atoms in total. The third-order valence-electron chi connectivity index (χ3n) is 13.4. The average Bonchev–Trinajstić information content (AvgIpc) is 3.74. The van der Waals surface area contributed by atoms with Crippen LogP contribution in [0.1, 0.15) is 98.3 Å². The molecule has 8 heterocycles. The minimum Gasteiger partial charge on any atom is -0.394 e. The number of rotatable bonds is 14. The van der Waals surface area contributed by atoms with Crippen LogP contribution in [0, 0.1) is 23.7 Å². The van der Waals surface area contributed by atoms with Gasteiger partial charge in [0.1, 0.15) is 18.3 Å². The third kappa shape index (κ3) is 7.03. The van der Waals surface area contributed by atoms with Gasteiger partial charge in [-0.15, -0.1) is 6.58 Å². The summed E-state index contributed by atoms with van der Waals surface area (Å²) in [6.45, 7) is 21.5. The Morgan fingerprint density at radius 1 is 0.857 bits per heavy atom. The molecule has 0 saturated carbocycles. The smallest absolute Gasteiger partial charge is 0.172 e. The zero-order valence-corrected chi connectivity index (χ0v) is 30.3. The van der Waals surface area contributed by atoms with Gasteiger partial charge in [0, 0.05) is 31.6 Å². The van der Waals surface area contributed by atoms with Crippen molar-refractivity contribution < 1.29 is 43.4 Å². The van der Waals surface area contributed by atoms with Crippen molar-refractivity contribution in [1.29, 1.82) is 0 Å². The van der Waals surface area contributed by atoms with E-state index in [1.165, 1.54) is 5.57 Å². The molecule has 8 rings (SSSR count). The van der Waals surface area contributed by atoms with E-state index < -0.39 is 11.9 Å². The molecule has 0 aromatic carbocycles. The summed E-state index contributed by atoms with van der Waals surface area (Å²) in [5.74, 6) is 0.644. The molecule has 8 aliphatic heterocycles. The van der Waals surface area contributed by atoms with Gasteiger partial charge in [0.25, 0.3) is 0 Å². The van der Waals surface area contributed by atoms with Gasteiger partial charge in [0.05, 0.1) is 67.6 Å². The Morgan fingerprint density at radius 3 is 2.37 bits per heavy atom. The molecular formula is C40H62O9. The summed E-state index contributed by atoms with van der Waals surface area (Å²) >= 11 is 0. The quantitative estimate of drug-likeness (QED) is 0.219. The monoisotopic (exact) mass is 686 g/mol. The molecule has 0 aromatic rings. The van der Waals surface area contributed by atoms with E-state index in [0.717, 1.165) is 69.8 Å². The lowest BCUT2D eigenvalue weighted by atomic mass is 9.80. The first kappa shape index (κ1) is 36.2. The molecule has 8 aliphatic rings. The van der Waals surface area contributed by atoms with Gasteiger partial charge in [-0.3, -0.25) is 0 Å². The summed E-state index contributed by atoms with van der Waals surface area (Å²) in [7, 11) is 0. The second kappa shape index (κ2) is 14.7. The minimum atomic E-state index is -0.747. The molecule has 49 heavy (non-hydrogen) atoms. The van der Waals surface area contributed by atoms with E-state index in [2.05, 4.69) is 47.4 Å². The van der Waals surface area contributed by atoms with E-state index in [1.807, 2.05) is 6.08 Å². The van der Waals surface area contributed by atoms with Crippen LogP contribution in [-0.2, 0) is 33.2 Å². The van der Waals surface area contributed by atoms with E-state index in [-0.39, 0.29) is 85.8 Å². The van der Waals surface area contributed by atoms with Crippen LogP contribution in [0.15, 0.2) is 37.0 Å². The Hall–Kier alpha value is -1.14. The van der Waals surface area contributed by atoms with E-state index in [4.69, 9.17) is 33.2 Å². The highest BCUT2D eigenvalue weighted by Crippen LogP contribution is 2.54. The average molecular weight is 687 g/mol. The SMILES string of the molecule is C=CC[C@@H]1O[C@H]2[C@H]3O[C@]4(CCC5CC(=C)[C@H](CCC6C[C@@H](C)C(=C)[C@@H](CC7O[C@H](C[C@H](O)CO)[C@H](C)[C@H]7CC)O6)O5)C[C@H]3O[C@H]2[C@@H](O4)C1C. The topological polar surface area (TPSA) is 105 Å². The molecule has 9 heteroatoms. The summed E-state index contributed by atoms with van der Waals surface area (Å²) in [6.07, 6.45) is 10.3. The van der Waals surface area contributed by atoms with Crippen molar-refractivity contribution in [3.63, 3.8) is 0 Å². The van der Waals surface area contributed by atoms with Gasteiger partial charge in [-0.25, -0.2) is 0 Å². The van der Waals surface area contributed by atoms with Gasteiger partial charge in [-0.2, -0.15) is 0 Å². The molecule has 8 saturated heterocycles. The Morgan fingerprint density at radius 2 is 1.61 bits per heavy atom. The van der Waals surface area contributed by atoms with Crippen molar-refractivity contribution in [1.82, 2.24) is 0 Å². The van der Waals surface area contributed by atoms with Crippen LogP contribution in [0.25, 0.3) is 0 Å². The predicted octanol–water partition coefficient (Wildman–Crippen LogP) is 5.80. The number of hydrogen-bond donors (Lipinski definition) is 2. The van der Waals surface area contributed by atoms with Crippen molar-refractivity contribution in [2.24, 2.45) is 23.7 Å². The predicted molar refractivity (Wildman–Crippen MR) is 185 cm³/mol. The van der Waals surface area contributed by atoms with Gasteiger partial charge in [0.15, 0.2) is 5.79 Å². The number of aliphatic hydroxyl groups is 2. The summed E-state index contributed by atoms with van der Waals surface area (Å²) in [5, 5.41) is 19.5. The van der Waals surface area contributed by atoms with Crippen LogP contribution >= 0.6 is 0 Å².